The number of aromatic nitrogens is 1. The highest BCUT2D eigenvalue weighted by Gasteiger charge is 2.15. The third-order valence-electron chi connectivity index (χ3n) is 4.71. The molecule has 0 fully saturated rings. The number of thiazole rings is 1. The van der Waals surface area contributed by atoms with E-state index in [1.807, 2.05) is 49.4 Å². The van der Waals surface area contributed by atoms with E-state index in [2.05, 4.69) is 4.98 Å². The molecular formula is C23H19NO5S. The van der Waals surface area contributed by atoms with Crippen molar-refractivity contribution in [2.45, 2.75) is 20.0 Å². The fourth-order valence-electron chi connectivity index (χ4n) is 3.06. The van der Waals surface area contributed by atoms with Gasteiger partial charge in [-0.2, -0.15) is 0 Å². The molecule has 152 valence electrons. The van der Waals surface area contributed by atoms with Gasteiger partial charge in [0.05, 0.1) is 7.11 Å². The SMILES string of the molecule is CCc1ccc2c(COC(=O)c3csc(-c4ccc(OC)cc4)n3)cc(=O)oc2c1. The number of nitrogens with zero attached hydrogens (tertiary/aromatic N) is 1. The number of methoxy groups -OCH3 is 1. The van der Waals surface area contributed by atoms with Crippen LogP contribution in [0.15, 0.2) is 63.1 Å². The van der Waals surface area contributed by atoms with Crippen LogP contribution in [0.3, 0.4) is 0 Å². The van der Waals surface area contributed by atoms with E-state index in [1.54, 1.807) is 12.5 Å². The molecule has 0 bridgehead atoms. The van der Waals surface area contributed by atoms with Gasteiger partial charge in [-0.25, -0.2) is 14.6 Å². The molecule has 2 heterocycles. The molecule has 0 spiro atoms. The Morgan fingerprint density at radius 2 is 1.93 bits per heavy atom. The normalized spacial score (nSPS) is 10.9. The smallest absolute Gasteiger partial charge is 0.358 e. The molecule has 6 nitrogen and oxygen atoms in total. The number of hydrogen-bond acceptors (Lipinski definition) is 7. The molecule has 2 aromatic carbocycles. The highest BCUT2D eigenvalue weighted by Crippen LogP contribution is 2.26. The second kappa shape index (κ2) is 8.51. The van der Waals surface area contributed by atoms with Crippen LogP contribution in [0.4, 0.5) is 0 Å². The van der Waals surface area contributed by atoms with Gasteiger partial charge in [-0.1, -0.05) is 19.1 Å². The Bertz CT molecular complexity index is 1260. The quantitative estimate of drug-likeness (QED) is 0.327. The molecule has 4 rings (SSSR count). The van der Waals surface area contributed by atoms with Crippen molar-refractivity contribution in [1.82, 2.24) is 4.98 Å². The Kier molecular flexibility index (Phi) is 5.63. The van der Waals surface area contributed by atoms with Crippen molar-refractivity contribution >= 4 is 28.3 Å². The molecule has 0 aliphatic carbocycles. The van der Waals surface area contributed by atoms with Crippen molar-refractivity contribution in [3.8, 4) is 16.3 Å². The van der Waals surface area contributed by atoms with E-state index < -0.39 is 11.6 Å². The average Bonchev–Trinajstić information content (AvgIpc) is 3.27. The van der Waals surface area contributed by atoms with E-state index in [4.69, 9.17) is 13.9 Å². The van der Waals surface area contributed by atoms with Gasteiger partial charge in [-0.05, 0) is 42.3 Å². The number of carbonyl (C=O) groups excluding carboxylic acids is 1. The fraction of sp³-hybridized carbons (Fsp3) is 0.174. The van der Waals surface area contributed by atoms with E-state index in [-0.39, 0.29) is 12.3 Å². The molecule has 0 saturated heterocycles. The van der Waals surface area contributed by atoms with Gasteiger partial charge in [0.1, 0.15) is 22.9 Å². The molecule has 4 aromatic rings. The molecule has 0 atom stereocenters. The summed E-state index contributed by atoms with van der Waals surface area (Å²) in [6.07, 6.45) is 0.833. The third-order valence-corrected chi connectivity index (χ3v) is 5.60. The molecule has 0 aliphatic heterocycles. The predicted octanol–water partition coefficient (Wildman–Crippen LogP) is 4.84. The third kappa shape index (κ3) is 4.11. The van der Waals surface area contributed by atoms with Gasteiger partial charge in [0.15, 0.2) is 5.69 Å². The lowest BCUT2D eigenvalue weighted by Gasteiger charge is -2.07. The Balaban J connectivity index is 1.51. The summed E-state index contributed by atoms with van der Waals surface area (Å²) in [5.74, 6) is 0.207. The average molecular weight is 421 g/mol. The summed E-state index contributed by atoms with van der Waals surface area (Å²) in [6.45, 7) is 1.99. The zero-order valence-corrected chi connectivity index (χ0v) is 17.3. The minimum Gasteiger partial charge on any atom is -0.497 e. The maximum absolute atomic E-state index is 12.5. The maximum atomic E-state index is 12.5. The highest BCUT2D eigenvalue weighted by atomic mass is 32.1. The molecule has 0 aliphatic rings. The van der Waals surface area contributed by atoms with E-state index in [0.717, 1.165) is 28.7 Å². The number of esters is 1. The van der Waals surface area contributed by atoms with Gasteiger partial charge in [-0.15, -0.1) is 11.3 Å². The Morgan fingerprint density at radius 3 is 2.67 bits per heavy atom. The first-order valence-corrected chi connectivity index (χ1v) is 10.3. The minimum absolute atomic E-state index is 0.0399. The Morgan fingerprint density at radius 1 is 1.13 bits per heavy atom. The van der Waals surface area contributed by atoms with Gasteiger partial charge >= 0.3 is 11.6 Å². The first kappa shape index (κ1) is 19.8. The van der Waals surface area contributed by atoms with Crippen molar-refractivity contribution in [1.29, 1.82) is 0 Å². The van der Waals surface area contributed by atoms with Crippen LogP contribution in [0.25, 0.3) is 21.5 Å². The molecule has 7 heteroatoms. The first-order valence-electron chi connectivity index (χ1n) is 9.40. The zero-order chi connectivity index (χ0) is 21.1. The lowest BCUT2D eigenvalue weighted by molar-refractivity contribution is 0.0468. The molecule has 0 amide bonds. The zero-order valence-electron chi connectivity index (χ0n) is 16.5. The van der Waals surface area contributed by atoms with Crippen molar-refractivity contribution in [2.75, 3.05) is 7.11 Å². The molecular weight excluding hydrogens is 402 g/mol. The number of hydrogen-bond donors (Lipinski definition) is 0. The highest BCUT2D eigenvalue weighted by molar-refractivity contribution is 7.13. The molecule has 0 radical (unpaired) electrons. The van der Waals surface area contributed by atoms with Crippen LogP contribution < -0.4 is 10.4 Å². The molecule has 0 saturated carbocycles. The maximum Gasteiger partial charge on any atom is 0.358 e. The summed E-state index contributed by atoms with van der Waals surface area (Å²) in [7, 11) is 1.61. The van der Waals surface area contributed by atoms with Gasteiger partial charge in [0, 0.05) is 28.0 Å². The molecule has 2 aromatic heterocycles. The number of aryl methyl sites for hydroxylation is 1. The van der Waals surface area contributed by atoms with Crippen molar-refractivity contribution in [2.24, 2.45) is 0 Å². The van der Waals surface area contributed by atoms with Crippen LogP contribution in [-0.2, 0) is 17.8 Å². The lowest BCUT2D eigenvalue weighted by atomic mass is 10.1. The summed E-state index contributed by atoms with van der Waals surface area (Å²) in [5.41, 5.74) is 2.79. The minimum atomic E-state index is -0.544. The second-order valence-corrected chi connectivity index (χ2v) is 7.48. The largest absolute Gasteiger partial charge is 0.497 e. The van der Waals surface area contributed by atoms with E-state index >= 15 is 0 Å². The number of rotatable bonds is 6. The van der Waals surface area contributed by atoms with Crippen molar-refractivity contribution in [3.63, 3.8) is 0 Å². The number of fused-ring (bicyclic) bond motifs is 1. The molecule has 30 heavy (non-hydrogen) atoms. The number of benzene rings is 2. The van der Waals surface area contributed by atoms with Crippen molar-refractivity contribution in [3.05, 3.63) is 81.2 Å². The molecule has 0 unspecified atom stereocenters. The summed E-state index contributed by atoms with van der Waals surface area (Å²) in [4.78, 5) is 28.8. The van der Waals surface area contributed by atoms with Crippen LogP contribution in [-0.4, -0.2) is 18.1 Å². The Labute approximate surface area is 176 Å². The van der Waals surface area contributed by atoms with Gasteiger partial charge in [0.2, 0.25) is 0 Å². The second-order valence-electron chi connectivity index (χ2n) is 6.62. The molecule has 0 N–H and O–H groups in total. The summed E-state index contributed by atoms with van der Waals surface area (Å²) >= 11 is 1.36. The summed E-state index contributed by atoms with van der Waals surface area (Å²) in [5, 5.41) is 3.12. The predicted molar refractivity (Wildman–Crippen MR) is 115 cm³/mol. The van der Waals surface area contributed by atoms with Gasteiger partial charge in [0.25, 0.3) is 0 Å². The topological polar surface area (TPSA) is 78.6 Å². The van der Waals surface area contributed by atoms with E-state index in [0.29, 0.717) is 16.2 Å². The van der Waals surface area contributed by atoms with Crippen LogP contribution in [0.1, 0.15) is 28.5 Å². The van der Waals surface area contributed by atoms with Crippen LogP contribution in [0.2, 0.25) is 0 Å². The van der Waals surface area contributed by atoms with Crippen LogP contribution in [0.5, 0.6) is 5.75 Å². The number of ether oxygens (including phenoxy) is 2. The van der Waals surface area contributed by atoms with Gasteiger partial charge in [-0.3, -0.25) is 0 Å². The Hall–Kier alpha value is -3.45. The standard InChI is InChI=1S/C23H19NO5S/c1-3-14-4-9-18-16(11-21(25)29-20(18)10-14)12-28-23(26)19-13-30-22(24-19)15-5-7-17(27-2)8-6-15/h4-11,13H,3,12H2,1-2H3. The first-order chi connectivity index (χ1) is 14.6. The van der Waals surface area contributed by atoms with Crippen LogP contribution >= 0.6 is 11.3 Å². The number of carbonyl (C=O) groups is 1. The van der Waals surface area contributed by atoms with Crippen molar-refractivity contribution < 1.29 is 18.7 Å². The van der Waals surface area contributed by atoms with E-state index in [1.165, 1.54) is 17.4 Å². The summed E-state index contributed by atoms with van der Waals surface area (Å²) < 4.78 is 15.9. The van der Waals surface area contributed by atoms with Gasteiger partial charge < -0.3 is 13.9 Å². The van der Waals surface area contributed by atoms with Crippen LogP contribution in [0, 0.1) is 0 Å². The monoisotopic (exact) mass is 421 g/mol. The van der Waals surface area contributed by atoms with E-state index in [9.17, 15) is 9.59 Å². The summed E-state index contributed by atoms with van der Waals surface area (Å²) in [6, 6.07) is 14.5. The lowest BCUT2D eigenvalue weighted by Crippen LogP contribution is -2.08. The fourth-order valence-corrected chi connectivity index (χ4v) is 3.86.